The van der Waals surface area contributed by atoms with Gasteiger partial charge in [-0.2, -0.15) is 0 Å². The van der Waals surface area contributed by atoms with Gasteiger partial charge in [-0.3, -0.25) is 0 Å². The highest BCUT2D eigenvalue weighted by Gasteiger charge is 2.17. The monoisotopic (exact) mass is 409 g/mol. The Bertz CT molecular complexity index is 903. The molecule has 5 heteroatoms. The molecule has 0 amide bonds. The lowest BCUT2D eigenvalue weighted by atomic mass is 9.97. The van der Waals surface area contributed by atoms with E-state index in [9.17, 15) is 9.18 Å². The SMILES string of the molecule is CC#Cc1ccc(C)c(C(CC=O)N=C(N)N(C)C)c1.CC(C)(F)c1ccccc1. The Morgan fingerprint density at radius 1 is 1.23 bits per heavy atom. The molecule has 0 bridgehead atoms. The van der Waals surface area contributed by atoms with Crippen molar-refractivity contribution in [2.45, 2.75) is 45.8 Å². The molecular weight excluding hydrogens is 377 g/mol. The number of hydrogen-bond acceptors (Lipinski definition) is 2. The summed E-state index contributed by atoms with van der Waals surface area (Å²) >= 11 is 0. The van der Waals surface area contributed by atoms with Crippen molar-refractivity contribution in [1.82, 2.24) is 4.90 Å². The fourth-order valence-corrected chi connectivity index (χ4v) is 2.67. The molecule has 1 atom stereocenters. The minimum absolute atomic E-state index is 0.270. The number of aryl methyl sites for hydroxylation is 1. The molecule has 160 valence electrons. The zero-order chi connectivity index (χ0) is 22.7. The Hall–Kier alpha value is -3.13. The maximum absolute atomic E-state index is 13.1. The normalized spacial score (nSPS) is 12.0. The molecular formula is C25H32FN3O. The Labute approximate surface area is 180 Å². The minimum Gasteiger partial charge on any atom is -0.370 e. The van der Waals surface area contributed by atoms with E-state index >= 15 is 0 Å². The van der Waals surface area contributed by atoms with Crippen molar-refractivity contribution in [2.24, 2.45) is 10.7 Å². The van der Waals surface area contributed by atoms with Crippen molar-refractivity contribution < 1.29 is 9.18 Å². The van der Waals surface area contributed by atoms with Crippen LogP contribution in [0.5, 0.6) is 0 Å². The van der Waals surface area contributed by atoms with Gasteiger partial charge in [-0.1, -0.05) is 42.3 Å². The molecule has 0 saturated carbocycles. The van der Waals surface area contributed by atoms with E-state index in [1.165, 1.54) is 0 Å². The molecule has 4 nitrogen and oxygen atoms in total. The quantitative estimate of drug-likeness (QED) is 0.335. The summed E-state index contributed by atoms with van der Waals surface area (Å²) in [4.78, 5) is 17.1. The first-order valence-electron chi connectivity index (χ1n) is 9.82. The average molecular weight is 410 g/mol. The molecule has 30 heavy (non-hydrogen) atoms. The molecule has 0 aliphatic rings. The zero-order valence-electron chi connectivity index (χ0n) is 18.7. The highest BCUT2D eigenvalue weighted by molar-refractivity contribution is 5.78. The fourth-order valence-electron chi connectivity index (χ4n) is 2.67. The number of nitrogens with zero attached hydrogens (tertiary/aromatic N) is 2. The number of hydrogen-bond donors (Lipinski definition) is 1. The number of halogens is 1. The Kier molecular flexibility index (Phi) is 9.77. The predicted octanol–water partition coefficient (Wildman–Crippen LogP) is 4.76. The van der Waals surface area contributed by atoms with E-state index in [-0.39, 0.29) is 6.04 Å². The number of aldehydes is 1. The van der Waals surface area contributed by atoms with Gasteiger partial charge in [0, 0.05) is 26.1 Å². The summed E-state index contributed by atoms with van der Waals surface area (Å²) in [6.45, 7) is 6.91. The van der Waals surface area contributed by atoms with Crippen LogP contribution in [0.4, 0.5) is 4.39 Å². The van der Waals surface area contributed by atoms with Crippen molar-refractivity contribution in [2.75, 3.05) is 14.1 Å². The van der Waals surface area contributed by atoms with Gasteiger partial charge in [0.15, 0.2) is 5.96 Å². The summed E-state index contributed by atoms with van der Waals surface area (Å²) in [6, 6.07) is 14.8. The number of carbonyl (C=O) groups excluding carboxylic acids is 1. The lowest BCUT2D eigenvalue weighted by Crippen LogP contribution is -2.31. The second-order valence-electron chi connectivity index (χ2n) is 7.58. The number of benzene rings is 2. The van der Waals surface area contributed by atoms with Crippen LogP contribution in [0.1, 0.15) is 55.5 Å². The summed E-state index contributed by atoms with van der Waals surface area (Å²) in [5, 5.41) is 0. The second-order valence-corrected chi connectivity index (χ2v) is 7.58. The van der Waals surface area contributed by atoms with Gasteiger partial charge in [0.2, 0.25) is 0 Å². The van der Waals surface area contributed by atoms with Gasteiger partial charge < -0.3 is 15.4 Å². The van der Waals surface area contributed by atoms with E-state index in [1.54, 1.807) is 37.8 Å². The molecule has 0 aliphatic carbocycles. The van der Waals surface area contributed by atoms with Crippen LogP contribution in [0.15, 0.2) is 53.5 Å². The summed E-state index contributed by atoms with van der Waals surface area (Å²) in [6.07, 6.45) is 1.17. The molecule has 0 heterocycles. The van der Waals surface area contributed by atoms with Crippen LogP contribution >= 0.6 is 0 Å². The van der Waals surface area contributed by atoms with E-state index in [0.717, 1.165) is 28.5 Å². The zero-order valence-corrected chi connectivity index (χ0v) is 18.7. The molecule has 2 N–H and O–H groups in total. The number of nitrogens with two attached hydrogens (primary N) is 1. The van der Waals surface area contributed by atoms with Crippen LogP contribution < -0.4 is 5.73 Å². The first kappa shape index (κ1) is 24.9. The fraction of sp³-hybridized carbons (Fsp3) is 0.360. The molecule has 0 aliphatic heterocycles. The number of aliphatic imine (C=N–C) groups is 1. The number of guanidine groups is 1. The molecule has 0 saturated heterocycles. The first-order valence-corrected chi connectivity index (χ1v) is 9.82. The number of rotatable bonds is 5. The van der Waals surface area contributed by atoms with E-state index in [4.69, 9.17) is 5.73 Å². The van der Waals surface area contributed by atoms with Crippen LogP contribution in [-0.2, 0) is 10.5 Å². The van der Waals surface area contributed by atoms with E-state index in [0.29, 0.717) is 12.4 Å². The van der Waals surface area contributed by atoms with E-state index in [1.807, 2.05) is 57.4 Å². The van der Waals surface area contributed by atoms with Crippen LogP contribution in [0.2, 0.25) is 0 Å². The maximum atomic E-state index is 13.1. The van der Waals surface area contributed by atoms with Gasteiger partial charge in [0.05, 0.1) is 6.04 Å². The van der Waals surface area contributed by atoms with Crippen LogP contribution in [0, 0.1) is 18.8 Å². The first-order chi connectivity index (χ1) is 14.1. The lowest BCUT2D eigenvalue weighted by molar-refractivity contribution is -0.108. The van der Waals surface area contributed by atoms with Crippen molar-refractivity contribution in [3.05, 3.63) is 70.8 Å². The van der Waals surface area contributed by atoms with Gasteiger partial charge in [0.25, 0.3) is 0 Å². The van der Waals surface area contributed by atoms with Gasteiger partial charge >= 0.3 is 0 Å². The third-order valence-corrected chi connectivity index (χ3v) is 4.43. The Morgan fingerprint density at radius 3 is 2.33 bits per heavy atom. The summed E-state index contributed by atoms with van der Waals surface area (Å²) < 4.78 is 13.1. The average Bonchev–Trinajstić information content (AvgIpc) is 2.70. The third kappa shape index (κ3) is 8.08. The van der Waals surface area contributed by atoms with Crippen molar-refractivity contribution >= 4 is 12.2 Å². The van der Waals surface area contributed by atoms with Gasteiger partial charge in [-0.05, 0) is 56.5 Å². The third-order valence-electron chi connectivity index (χ3n) is 4.43. The van der Waals surface area contributed by atoms with E-state index in [2.05, 4.69) is 16.8 Å². The topological polar surface area (TPSA) is 58.7 Å². The van der Waals surface area contributed by atoms with Crippen LogP contribution in [0.25, 0.3) is 0 Å². The van der Waals surface area contributed by atoms with Gasteiger partial charge in [0.1, 0.15) is 12.0 Å². The van der Waals surface area contributed by atoms with Crippen LogP contribution in [0.3, 0.4) is 0 Å². The standard InChI is InChI=1S/C16H21N3O.C9H11F/c1-5-6-13-8-7-12(2)14(11-13)15(9-10-20)18-16(17)19(3)4;1-9(2,10)8-6-4-3-5-7-8/h7-8,10-11,15H,9H2,1-4H3,(H2,17,18);3-7H,1-2H3. The highest BCUT2D eigenvalue weighted by Crippen LogP contribution is 2.25. The van der Waals surface area contributed by atoms with Crippen molar-refractivity contribution in [1.29, 1.82) is 0 Å². The Morgan fingerprint density at radius 2 is 1.87 bits per heavy atom. The largest absolute Gasteiger partial charge is 0.370 e. The van der Waals surface area contributed by atoms with E-state index < -0.39 is 5.67 Å². The van der Waals surface area contributed by atoms with Gasteiger partial charge in [-0.15, -0.1) is 5.92 Å². The molecule has 0 radical (unpaired) electrons. The molecule has 0 aromatic heterocycles. The molecule has 0 fully saturated rings. The van der Waals surface area contributed by atoms with Crippen LogP contribution in [-0.4, -0.2) is 31.2 Å². The highest BCUT2D eigenvalue weighted by atomic mass is 19.1. The minimum atomic E-state index is -1.21. The predicted molar refractivity (Wildman–Crippen MR) is 123 cm³/mol. The molecule has 2 aromatic carbocycles. The number of carbonyl (C=O) groups is 1. The van der Waals surface area contributed by atoms with Crippen molar-refractivity contribution in [3.63, 3.8) is 0 Å². The molecule has 1 unspecified atom stereocenters. The van der Waals surface area contributed by atoms with Crippen molar-refractivity contribution in [3.8, 4) is 11.8 Å². The van der Waals surface area contributed by atoms with Gasteiger partial charge in [-0.25, -0.2) is 9.38 Å². The molecule has 2 aromatic rings. The smallest absolute Gasteiger partial charge is 0.191 e. The molecule has 0 spiro atoms. The summed E-state index contributed by atoms with van der Waals surface area (Å²) in [5.41, 5.74) is 8.37. The summed E-state index contributed by atoms with van der Waals surface area (Å²) in [5.74, 6) is 6.30. The molecule has 2 rings (SSSR count). The number of alkyl halides is 1. The second kappa shape index (κ2) is 11.8. The summed E-state index contributed by atoms with van der Waals surface area (Å²) in [7, 11) is 3.64. The lowest BCUT2D eigenvalue weighted by Gasteiger charge is -2.17. The Balaban J connectivity index is 0.000000375. The maximum Gasteiger partial charge on any atom is 0.191 e.